The van der Waals surface area contributed by atoms with Gasteiger partial charge in [-0.05, 0) is 37.8 Å². The molecule has 0 heterocycles. The highest BCUT2D eigenvalue weighted by Gasteiger charge is 2.30. The number of hydrogen-bond acceptors (Lipinski definition) is 2. The molecule has 0 radical (unpaired) electrons. The van der Waals surface area contributed by atoms with Crippen LogP contribution in [-0.4, -0.2) is 12.6 Å². The lowest BCUT2D eigenvalue weighted by Gasteiger charge is -2.28. The van der Waals surface area contributed by atoms with Gasteiger partial charge in [-0.25, -0.2) is 0 Å². The topological polar surface area (TPSA) is 29.3 Å². The third-order valence-electron chi connectivity index (χ3n) is 3.48. The molecule has 17 heavy (non-hydrogen) atoms. The summed E-state index contributed by atoms with van der Waals surface area (Å²) in [6, 6.07) is 9.50. The van der Waals surface area contributed by atoms with Crippen molar-refractivity contribution in [1.82, 2.24) is 0 Å². The van der Waals surface area contributed by atoms with Crippen molar-refractivity contribution in [2.24, 2.45) is 5.73 Å². The van der Waals surface area contributed by atoms with E-state index in [0.717, 1.165) is 6.04 Å². The van der Waals surface area contributed by atoms with Crippen LogP contribution in [0.1, 0.15) is 51.1 Å². The Kier molecular flexibility index (Phi) is 4.06. The minimum absolute atomic E-state index is 0.120. The molecule has 0 unspecified atom stereocenters. The maximum Gasteiger partial charge on any atom is 0.0417 e. The van der Waals surface area contributed by atoms with Gasteiger partial charge in [0.05, 0.1) is 0 Å². The lowest BCUT2D eigenvalue weighted by molar-refractivity contribution is 0.702. The summed E-state index contributed by atoms with van der Waals surface area (Å²) < 4.78 is 0. The summed E-state index contributed by atoms with van der Waals surface area (Å²) in [5.74, 6) is 0. The van der Waals surface area contributed by atoms with E-state index in [4.69, 9.17) is 5.73 Å². The van der Waals surface area contributed by atoms with E-state index in [9.17, 15) is 0 Å². The molecular formula is C15H24N2. The zero-order chi connectivity index (χ0) is 12.3. The van der Waals surface area contributed by atoms with Crippen molar-refractivity contribution in [3.05, 3.63) is 29.8 Å². The molecule has 1 aromatic rings. The third-order valence-corrected chi connectivity index (χ3v) is 3.48. The number of anilines is 1. The second-order valence-corrected chi connectivity index (χ2v) is 5.13. The van der Waals surface area contributed by atoms with Gasteiger partial charge in [0.25, 0.3) is 0 Å². The van der Waals surface area contributed by atoms with Gasteiger partial charge in [-0.15, -0.1) is 0 Å². The van der Waals surface area contributed by atoms with Crippen LogP contribution in [0, 0.1) is 0 Å². The Bertz CT molecular complexity index is 356. The lowest BCUT2D eigenvalue weighted by atomic mass is 10.1. The zero-order valence-electron chi connectivity index (χ0n) is 11.0. The fourth-order valence-corrected chi connectivity index (χ4v) is 2.35. The first-order chi connectivity index (χ1) is 8.24. The molecule has 0 amide bonds. The SMILES string of the molecule is CCCCN(c1ccccc1[C@H](C)N)C1CC1. The molecule has 1 aromatic carbocycles. The first kappa shape index (κ1) is 12.4. The molecule has 0 aliphatic heterocycles. The third kappa shape index (κ3) is 3.01. The summed E-state index contributed by atoms with van der Waals surface area (Å²) >= 11 is 0. The molecule has 2 nitrogen and oxygen atoms in total. The largest absolute Gasteiger partial charge is 0.368 e. The summed E-state index contributed by atoms with van der Waals surface area (Å²) in [6.45, 7) is 5.50. The van der Waals surface area contributed by atoms with Gasteiger partial charge >= 0.3 is 0 Å². The fraction of sp³-hybridized carbons (Fsp3) is 0.600. The van der Waals surface area contributed by atoms with Crippen LogP contribution in [0.5, 0.6) is 0 Å². The molecular weight excluding hydrogens is 208 g/mol. The van der Waals surface area contributed by atoms with Crippen LogP contribution in [0.2, 0.25) is 0 Å². The summed E-state index contributed by atoms with van der Waals surface area (Å²) in [5.41, 5.74) is 8.72. The van der Waals surface area contributed by atoms with Crippen molar-refractivity contribution in [3.8, 4) is 0 Å². The average molecular weight is 232 g/mol. The lowest BCUT2D eigenvalue weighted by Crippen LogP contribution is -2.28. The molecule has 0 spiro atoms. The normalized spacial score (nSPS) is 16.9. The maximum atomic E-state index is 6.07. The molecule has 2 N–H and O–H groups in total. The highest BCUT2D eigenvalue weighted by atomic mass is 15.2. The van der Waals surface area contributed by atoms with Gasteiger partial charge in [0, 0.05) is 24.3 Å². The van der Waals surface area contributed by atoms with E-state index in [1.165, 1.54) is 43.5 Å². The second kappa shape index (κ2) is 5.54. The highest BCUT2D eigenvalue weighted by molar-refractivity contribution is 5.56. The molecule has 1 fully saturated rings. The quantitative estimate of drug-likeness (QED) is 0.813. The number of hydrogen-bond donors (Lipinski definition) is 1. The standard InChI is InChI=1S/C15H24N2/c1-3-4-11-17(13-9-10-13)15-8-6-5-7-14(15)12(2)16/h5-8,12-13H,3-4,9-11,16H2,1-2H3/t12-/m0/s1. The van der Waals surface area contributed by atoms with E-state index in [1.807, 2.05) is 0 Å². The van der Waals surface area contributed by atoms with E-state index < -0.39 is 0 Å². The number of benzene rings is 1. The van der Waals surface area contributed by atoms with Crippen LogP contribution in [0.15, 0.2) is 24.3 Å². The van der Waals surface area contributed by atoms with Crippen LogP contribution < -0.4 is 10.6 Å². The summed E-state index contributed by atoms with van der Waals surface area (Å²) in [4.78, 5) is 2.57. The minimum atomic E-state index is 0.120. The van der Waals surface area contributed by atoms with Crippen molar-refractivity contribution in [3.63, 3.8) is 0 Å². The van der Waals surface area contributed by atoms with E-state index in [-0.39, 0.29) is 6.04 Å². The summed E-state index contributed by atoms with van der Waals surface area (Å²) in [5, 5.41) is 0. The van der Waals surface area contributed by atoms with Crippen molar-refractivity contribution in [1.29, 1.82) is 0 Å². The van der Waals surface area contributed by atoms with Gasteiger partial charge in [-0.1, -0.05) is 31.5 Å². The van der Waals surface area contributed by atoms with Gasteiger partial charge < -0.3 is 10.6 Å². The van der Waals surface area contributed by atoms with E-state index in [0.29, 0.717) is 0 Å². The van der Waals surface area contributed by atoms with Crippen LogP contribution in [0.25, 0.3) is 0 Å². The predicted octanol–water partition coefficient (Wildman–Crippen LogP) is 3.48. The Labute approximate surface area is 105 Å². The summed E-state index contributed by atoms with van der Waals surface area (Å²) in [7, 11) is 0. The Hall–Kier alpha value is -1.02. The van der Waals surface area contributed by atoms with Crippen LogP contribution >= 0.6 is 0 Å². The predicted molar refractivity (Wildman–Crippen MR) is 74.3 cm³/mol. The molecule has 1 atom stereocenters. The van der Waals surface area contributed by atoms with Gasteiger partial charge in [-0.3, -0.25) is 0 Å². The van der Waals surface area contributed by atoms with E-state index in [2.05, 4.69) is 43.0 Å². The first-order valence-corrected chi connectivity index (χ1v) is 6.85. The average Bonchev–Trinajstić information content (AvgIpc) is 3.14. The minimum Gasteiger partial charge on any atom is -0.368 e. The van der Waals surface area contributed by atoms with Gasteiger partial charge in [0.2, 0.25) is 0 Å². The summed E-state index contributed by atoms with van der Waals surface area (Å²) in [6.07, 6.45) is 5.21. The molecule has 0 bridgehead atoms. The molecule has 94 valence electrons. The van der Waals surface area contributed by atoms with Crippen LogP contribution in [-0.2, 0) is 0 Å². The van der Waals surface area contributed by atoms with Gasteiger partial charge in [0.1, 0.15) is 0 Å². The molecule has 0 aromatic heterocycles. The van der Waals surface area contributed by atoms with Crippen LogP contribution in [0.4, 0.5) is 5.69 Å². The molecule has 2 heteroatoms. The molecule has 1 saturated carbocycles. The number of rotatable bonds is 6. The van der Waals surface area contributed by atoms with E-state index >= 15 is 0 Å². The maximum absolute atomic E-state index is 6.07. The molecule has 1 aliphatic carbocycles. The number of para-hydroxylation sites is 1. The van der Waals surface area contributed by atoms with Crippen molar-refractivity contribution in [2.75, 3.05) is 11.4 Å². The fourth-order valence-electron chi connectivity index (χ4n) is 2.35. The first-order valence-electron chi connectivity index (χ1n) is 6.85. The smallest absolute Gasteiger partial charge is 0.0417 e. The van der Waals surface area contributed by atoms with Gasteiger partial charge in [-0.2, -0.15) is 0 Å². The van der Waals surface area contributed by atoms with Crippen molar-refractivity contribution >= 4 is 5.69 Å². The Morgan fingerprint density at radius 3 is 2.65 bits per heavy atom. The highest BCUT2D eigenvalue weighted by Crippen LogP contribution is 2.35. The van der Waals surface area contributed by atoms with Crippen molar-refractivity contribution < 1.29 is 0 Å². The molecule has 0 saturated heterocycles. The van der Waals surface area contributed by atoms with Crippen LogP contribution in [0.3, 0.4) is 0 Å². The Morgan fingerprint density at radius 1 is 1.35 bits per heavy atom. The zero-order valence-corrected chi connectivity index (χ0v) is 11.0. The molecule has 2 rings (SSSR count). The van der Waals surface area contributed by atoms with Crippen molar-refractivity contribution in [2.45, 2.75) is 51.6 Å². The Morgan fingerprint density at radius 2 is 2.06 bits per heavy atom. The number of nitrogens with zero attached hydrogens (tertiary/aromatic N) is 1. The number of unbranched alkanes of at least 4 members (excludes halogenated alkanes) is 1. The number of nitrogens with two attached hydrogens (primary N) is 1. The Balaban J connectivity index is 2.22. The monoisotopic (exact) mass is 232 g/mol. The van der Waals surface area contributed by atoms with E-state index in [1.54, 1.807) is 0 Å². The van der Waals surface area contributed by atoms with Gasteiger partial charge in [0.15, 0.2) is 0 Å². The second-order valence-electron chi connectivity index (χ2n) is 5.13. The molecule has 1 aliphatic rings.